The zero-order chi connectivity index (χ0) is 13.5. The summed E-state index contributed by atoms with van der Waals surface area (Å²) >= 11 is 17.7. The van der Waals surface area contributed by atoms with Crippen LogP contribution in [-0.2, 0) is 9.53 Å². The van der Waals surface area contributed by atoms with Gasteiger partial charge in [-0.15, -0.1) is 0 Å². The summed E-state index contributed by atoms with van der Waals surface area (Å²) in [6, 6.07) is 3.14. The van der Waals surface area contributed by atoms with Gasteiger partial charge >= 0.3 is 5.97 Å². The van der Waals surface area contributed by atoms with E-state index in [0.717, 1.165) is 0 Å². The van der Waals surface area contributed by atoms with E-state index in [1.807, 2.05) is 0 Å². The number of methoxy groups -OCH3 is 1. The molecule has 0 radical (unpaired) electrons. The van der Waals surface area contributed by atoms with Crippen LogP contribution in [0.25, 0.3) is 0 Å². The Balaban J connectivity index is 2.38. The van der Waals surface area contributed by atoms with Crippen molar-refractivity contribution in [1.82, 2.24) is 0 Å². The molecule has 3 nitrogen and oxygen atoms in total. The maximum absolute atomic E-state index is 10.9. The molecule has 0 saturated heterocycles. The summed E-state index contributed by atoms with van der Waals surface area (Å²) in [4.78, 5) is 10.9. The summed E-state index contributed by atoms with van der Waals surface area (Å²) in [5.74, 6) is 0.193. The van der Waals surface area contributed by atoms with E-state index >= 15 is 0 Å². The van der Waals surface area contributed by atoms with Crippen LogP contribution in [0, 0.1) is 0 Å². The minimum atomic E-state index is -0.224. The molecule has 0 bridgehead atoms. The smallest absolute Gasteiger partial charge is 0.305 e. The van der Waals surface area contributed by atoms with Crippen LogP contribution in [0.4, 0.5) is 0 Å². The average Bonchev–Trinajstić information content (AvgIpc) is 2.31. The Morgan fingerprint density at radius 3 is 2.33 bits per heavy atom. The van der Waals surface area contributed by atoms with Crippen molar-refractivity contribution >= 4 is 40.8 Å². The Morgan fingerprint density at radius 1 is 1.17 bits per heavy atom. The van der Waals surface area contributed by atoms with E-state index in [9.17, 15) is 4.79 Å². The standard InChI is InChI=1S/C12H13Cl3O3/c1-17-11(16)4-2-3-5-18-12-9(14)6-8(13)7-10(12)15/h6-7H,2-5H2,1H3. The molecule has 0 atom stereocenters. The quantitative estimate of drug-likeness (QED) is 0.578. The van der Waals surface area contributed by atoms with E-state index < -0.39 is 0 Å². The van der Waals surface area contributed by atoms with Gasteiger partial charge in [0, 0.05) is 11.4 Å². The molecule has 6 heteroatoms. The first-order valence-corrected chi connectivity index (χ1v) is 6.52. The predicted octanol–water partition coefficient (Wildman–Crippen LogP) is 4.37. The summed E-state index contributed by atoms with van der Waals surface area (Å²) in [6.07, 6.45) is 1.78. The van der Waals surface area contributed by atoms with Crippen molar-refractivity contribution in [2.24, 2.45) is 0 Å². The monoisotopic (exact) mass is 310 g/mol. The van der Waals surface area contributed by atoms with Crippen LogP contribution in [-0.4, -0.2) is 19.7 Å². The molecule has 0 aliphatic rings. The van der Waals surface area contributed by atoms with Crippen LogP contribution in [0.1, 0.15) is 19.3 Å². The third-order valence-corrected chi connectivity index (χ3v) is 2.99. The molecule has 0 heterocycles. The van der Waals surface area contributed by atoms with E-state index in [1.54, 1.807) is 12.1 Å². The van der Waals surface area contributed by atoms with Crippen molar-refractivity contribution < 1.29 is 14.3 Å². The zero-order valence-corrected chi connectivity index (χ0v) is 12.1. The lowest BCUT2D eigenvalue weighted by molar-refractivity contribution is -0.140. The van der Waals surface area contributed by atoms with E-state index in [4.69, 9.17) is 39.5 Å². The van der Waals surface area contributed by atoms with Crippen LogP contribution in [0.2, 0.25) is 15.1 Å². The highest BCUT2D eigenvalue weighted by atomic mass is 35.5. The largest absolute Gasteiger partial charge is 0.490 e. The number of carbonyl (C=O) groups is 1. The molecule has 100 valence electrons. The highest BCUT2D eigenvalue weighted by Gasteiger charge is 2.09. The molecule has 1 aromatic carbocycles. The third-order valence-electron chi connectivity index (χ3n) is 2.21. The number of benzene rings is 1. The molecule has 1 aromatic rings. The fraction of sp³-hybridized carbons (Fsp3) is 0.417. The molecule has 0 spiro atoms. The number of hydrogen-bond donors (Lipinski definition) is 0. The number of rotatable bonds is 6. The van der Waals surface area contributed by atoms with Gasteiger partial charge in [-0.25, -0.2) is 0 Å². The number of unbranched alkanes of at least 4 members (excludes halogenated alkanes) is 1. The summed E-state index contributed by atoms with van der Waals surface area (Å²) in [6.45, 7) is 0.429. The molecule has 0 aliphatic heterocycles. The summed E-state index contributed by atoms with van der Waals surface area (Å²) in [5.41, 5.74) is 0. The number of esters is 1. The Bertz CT molecular complexity index is 398. The van der Waals surface area contributed by atoms with E-state index in [0.29, 0.717) is 46.7 Å². The minimum absolute atomic E-state index is 0.224. The lowest BCUT2D eigenvalue weighted by Gasteiger charge is -2.10. The SMILES string of the molecule is COC(=O)CCCCOc1c(Cl)cc(Cl)cc1Cl. The van der Waals surface area contributed by atoms with Crippen molar-refractivity contribution in [3.8, 4) is 5.75 Å². The summed E-state index contributed by atoms with van der Waals surface area (Å²) in [5, 5.41) is 1.21. The molecule has 0 aliphatic carbocycles. The first-order valence-electron chi connectivity index (χ1n) is 5.38. The number of halogens is 3. The first-order chi connectivity index (χ1) is 8.54. The van der Waals surface area contributed by atoms with Gasteiger partial charge in [-0.3, -0.25) is 4.79 Å². The van der Waals surface area contributed by atoms with Gasteiger partial charge < -0.3 is 9.47 Å². The van der Waals surface area contributed by atoms with E-state index in [-0.39, 0.29) is 5.97 Å². The van der Waals surface area contributed by atoms with Gasteiger partial charge in [-0.05, 0) is 25.0 Å². The zero-order valence-electron chi connectivity index (χ0n) is 9.84. The van der Waals surface area contributed by atoms with Crippen LogP contribution in [0.5, 0.6) is 5.75 Å². The minimum Gasteiger partial charge on any atom is -0.490 e. The van der Waals surface area contributed by atoms with Gasteiger partial charge in [-0.1, -0.05) is 34.8 Å². The molecule has 18 heavy (non-hydrogen) atoms. The van der Waals surface area contributed by atoms with Crippen molar-refractivity contribution in [2.45, 2.75) is 19.3 Å². The van der Waals surface area contributed by atoms with Crippen LogP contribution in [0.15, 0.2) is 12.1 Å². The van der Waals surface area contributed by atoms with Gasteiger partial charge in [-0.2, -0.15) is 0 Å². The van der Waals surface area contributed by atoms with E-state index in [1.165, 1.54) is 7.11 Å². The van der Waals surface area contributed by atoms with Gasteiger partial charge in [0.05, 0.1) is 23.8 Å². The fourth-order valence-electron chi connectivity index (χ4n) is 1.31. The normalized spacial score (nSPS) is 10.2. The van der Waals surface area contributed by atoms with Crippen molar-refractivity contribution in [3.05, 3.63) is 27.2 Å². The topological polar surface area (TPSA) is 35.5 Å². The highest BCUT2D eigenvalue weighted by molar-refractivity contribution is 6.40. The summed E-state index contributed by atoms with van der Waals surface area (Å²) in [7, 11) is 1.37. The number of ether oxygens (including phenoxy) is 2. The maximum atomic E-state index is 10.9. The Labute approximate surface area is 121 Å². The van der Waals surface area contributed by atoms with Crippen LogP contribution >= 0.6 is 34.8 Å². The second kappa shape index (κ2) is 7.72. The predicted molar refractivity (Wildman–Crippen MR) is 72.8 cm³/mol. The van der Waals surface area contributed by atoms with E-state index in [2.05, 4.69) is 4.74 Å². The lowest BCUT2D eigenvalue weighted by Crippen LogP contribution is -2.03. The second-order valence-corrected chi connectivity index (χ2v) is 4.83. The molecular weight excluding hydrogens is 298 g/mol. The Kier molecular flexibility index (Phi) is 6.61. The van der Waals surface area contributed by atoms with Gasteiger partial charge in [0.2, 0.25) is 0 Å². The maximum Gasteiger partial charge on any atom is 0.305 e. The lowest BCUT2D eigenvalue weighted by atomic mass is 10.2. The third kappa shape index (κ3) is 4.92. The van der Waals surface area contributed by atoms with Crippen LogP contribution in [0.3, 0.4) is 0 Å². The van der Waals surface area contributed by atoms with Gasteiger partial charge in [0.1, 0.15) is 0 Å². The number of hydrogen-bond acceptors (Lipinski definition) is 3. The van der Waals surface area contributed by atoms with Gasteiger partial charge in [0.25, 0.3) is 0 Å². The summed E-state index contributed by atoms with van der Waals surface area (Å²) < 4.78 is 9.99. The van der Waals surface area contributed by atoms with Gasteiger partial charge in [0.15, 0.2) is 5.75 Å². The van der Waals surface area contributed by atoms with Crippen LogP contribution < -0.4 is 4.74 Å². The molecule has 0 amide bonds. The van der Waals surface area contributed by atoms with Crippen molar-refractivity contribution in [3.63, 3.8) is 0 Å². The molecule has 0 fully saturated rings. The Morgan fingerprint density at radius 2 is 1.78 bits per heavy atom. The molecule has 1 rings (SSSR count). The fourth-order valence-corrected chi connectivity index (χ4v) is 2.24. The first kappa shape index (κ1) is 15.4. The Hall–Kier alpha value is -0.640. The van der Waals surface area contributed by atoms with Crippen molar-refractivity contribution in [1.29, 1.82) is 0 Å². The molecule has 0 saturated carbocycles. The molecule has 0 unspecified atom stereocenters. The number of carbonyl (C=O) groups excluding carboxylic acids is 1. The molecule has 0 aromatic heterocycles. The molecule has 0 N–H and O–H groups in total. The van der Waals surface area contributed by atoms with Crippen molar-refractivity contribution in [2.75, 3.05) is 13.7 Å². The molecular formula is C12H13Cl3O3. The highest BCUT2D eigenvalue weighted by Crippen LogP contribution is 2.35. The average molecular weight is 312 g/mol. The second-order valence-electron chi connectivity index (χ2n) is 3.58.